The lowest BCUT2D eigenvalue weighted by molar-refractivity contribution is 0.187. The van der Waals surface area contributed by atoms with Crippen LogP contribution >= 0.6 is 11.6 Å². The van der Waals surface area contributed by atoms with Gasteiger partial charge in [0.1, 0.15) is 0 Å². The maximum Gasteiger partial charge on any atom is 0.493 e. The number of hydrogen-bond acceptors (Lipinski definition) is 4. The summed E-state index contributed by atoms with van der Waals surface area (Å²) in [5, 5.41) is 12.2. The minimum absolute atomic E-state index is 0.271. The molecule has 1 aromatic rings. The Morgan fingerprint density at radius 2 is 2.44 bits per heavy atom. The van der Waals surface area contributed by atoms with E-state index in [-0.39, 0.29) is 5.02 Å². The lowest BCUT2D eigenvalue weighted by Gasteiger charge is -2.09. The predicted octanol–water partition coefficient (Wildman–Crippen LogP) is 0.736. The first-order chi connectivity index (χ1) is 7.63. The van der Waals surface area contributed by atoms with Crippen LogP contribution in [0, 0.1) is 0 Å². The maximum atomic E-state index is 11.0. The molecular formula is C9H9BClNO4. The van der Waals surface area contributed by atoms with Gasteiger partial charge in [0.25, 0.3) is 0 Å². The van der Waals surface area contributed by atoms with Gasteiger partial charge in [-0.1, -0.05) is 17.7 Å². The molecule has 0 fully saturated rings. The Bertz CT molecular complexity index is 440. The van der Waals surface area contributed by atoms with Crippen LogP contribution in [0.4, 0.5) is 10.5 Å². The van der Waals surface area contributed by atoms with Crippen LogP contribution in [0.1, 0.15) is 5.56 Å². The van der Waals surface area contributed by atoms with E-state index in [0.717, 1.165) is 5.56 Å². The fraction of sp³-hybridized carbons (Fsp3) is 0.222. The van der Waals surface area contributed by atoms with Gasteiger partial charge in [0, 0.05) is 5.46 Å². The first-order valence-electron chi connectivity index (χ1n) is 4.59. The molecule has 0 saturated carbocycles. The molecule has 0 unspecified atom stereocenters. The summed E-state index contributed by atoms with van der Waals surface area (Å²) in [7, 11) is 0.219. The maximum absolute atomic E-state index is 11.0. The Morgan fingerprint density at radius 1 is 1.69 bits per heavy atom. The van der Waals surface area contributed by atoms with Crippen LogP contribution in [0.25, 0.3) is 0 Å². The number of ether oxygens (including phenoxy) is 1. The molecule has 0 radical (unpaired) electrons. The van der Waals surface area contributed by atoms with Crippen molar-refractivity contribution in [2.75, 3.05) is 12.4 Å². The van der Waals surface area contributed by atoms with Crippen molar-refractivity contribution in [1.82, 2.24) is 0 Å². The molecule has 0 atom stereocenters. The van der Waals surface area contributed by atoms with E-state index in [4.69, 9.17) is 16.3 Å². The summed E-state index contributed by atoms with van der Waals surface area (Å²) in [6.45, 7) is 0.314. The Balaban J connectivity index is 2.35. The molecule has 1 heterocycles. The van der Waals surface area contributed by atoms with Crippen molar-refractivity contribution in [3.05, 3.63) is 22.7 Å². The van der Waals surface area contributed by atoms with Crippen LogP contribution in [0.2, 0.25) is 5.02 Å². The highest BCUT2D eigenvalue weighted by Crippen LogP contribution is 2.25. The van der Waals surface area contributed by atoms with Gasteiger partial charge in [-0.15, -0.1) is 0 Å². The van der Waals surface area contributed by atoms with Gasteiger partial charge in [-0.3, -0.25) is 5.32 Å². The number of rotatable bonds is 1. The summed E-state index contributed by atoms with van der Waals surface area (Å²) >= 11 is 6.04. The molecule has 2 rings (SSSR count). The molecule has 16 heavy (non-hydrogen) atoms. The Kier molecular flexibility index (Phi) is 3.04. The second kappa shape index (κ2) is 4.33. The molecule has 1 amide bonds. The van der Waals surface area contributed by atoms with E-state index in [2.05, 4.69) is 10.1 Å². The average molecular weight is 241 g/mol. The van der Waals surface area contributed by atoms with Crippen molar-refractivity contribution in [1.29, 1.82) is 0 Å². The van der Waals surface area contributed by atoms with Crippen molar-refractivity contribution in [3.63, 3.8) is 0 Å². The van der Waals surface area contributed by atoms with Crippen LogP contribution in [0.3, 0.4) is 0 Å². The van der Waals surface area contributed by atoms with E-state index < -0.39 is 13.2 Å². The van der Waals surface area contributed by atoms with Gasteiger partial charge in [0.2, 0.25) is 0 Å². The molecule has 0 bridgehead atoms. The summed E-state index contributed by atoms with van der Waals surface area (Å²) in [5.41, 5.74) is 1.69. The number of nitrogens with one attached hydrogen (secondary N) is 1. The van der Waals surface area contributed by atoms with Gasteiger partial charge in [0.05, 0.1) is 24.4 Å². The third-order valence-corrected chi connectivity index (χ3v) is 2.74. The second-order valence-electron chi connectivity index (χ2n) is 3.28. The number of carbonyl (C=O) groups is 1. The molecule has 0 saturated heterocycles. The van der Waals surface area contributed by atoms with Crippen molar-refractivity contribution in [3.8, 4) is 0 Å². The number of fused-ring (bicyclic) bond motifs is 1. The van der Waals surface area contributed by atoms with E-state index in [9.17, 15) is 9.82 Å². The third-order valence-electron chi connectivity index (χ3n) is 2.34. The number of halogens is 1. The third kappa shape index (κ3) is 1.87. The summed E-state index contributed by atoms with van der Waals surface area (Å²) in [4.78, 5) is 11.0. The van der Waals surface area contributed by atoms with Crippen molar-refractivity contribution >= 4 is 36.0 Å². The topological polar surface area (TPSA) is 67.8 Å². The molecular weight excluding hydrogens is 232 g/mol. The van der Waals surface area contributed by atoms with Crippen LogP contribution in [0.5, 0.6) is 0 Å². The lowest BCUT2D eigenvalue weighted by Crippen LogP contribution is -2.30. The summed E-state index contributed by atoms with van der Waals surface area (Å²) in [6, 6.07) is 3.38. The van der Waals surface area contributed by atoms with Crippen LogP contribution < -0.4 is 10.8 Å². The molecule has 84 valence electrons. The van der Waals surface area contributed by atoms with Gasteiger partial charge >= 0.3 is 13.2 Å². The van der Waals surface area contributed by atoms with Crippen molar-refractivity contribution < 1.29 is 19.2 Å². The quantitative estimate of drug-likeness (QED) is 0.712. The molecule has 1 aliphatic rings. The minimum Gasteiger partial charge on any atom is -0.453 e. The number of carbonyl (C=O) groups excluding carboxylic acids is 1. The van der Waals surface area contributed by atoms with E-state index >= 15 is 0 Å². The van der Waals surface area contributed by atoms with Gasteiger partial charge in [0.15, 0.2) is 0 Å². The lowest BCUT2D eigenvalue weighted by atomic mass is 9.79. The standard InChI is InChI=1S/C9H9BClNO4/c1-15-9(13)12-6-3-2-5-4-16-10(14)7(5)8(6)11/h2-3,14H,4H2,1H3,(H,12,13). The normalized spacial score (nSPS) is 13.6. The monoisotopic (exact) mass is 241 g/mol. The van der Waals surface area contributed by atoms with Crippen LogP contribution in [-0.2, 0) is 16.0 Å². The summed E-state index contributed by atoms with van der Waals surface area (Å²) in [5.74, 6) is 0. The molecule has 0 aliphatic carbocycles. The number of benzene rings is 1. The Labute approximate surface area is 97.4 Å². The zero-order valence-corrected chi connectivity index (χ0v) is 9.25. The second-order valence-corrected chi connectivity index (χ2v) is 3.66. The Morgan fingerprint density at radius 3 is 3.12 bits per heavy atom. The number of hydrogen-bond donors (Lipinski definition) is 2. The number of anilines is 1. The summed E-state index contributed by atoms with van der Waals surface area (Å²) in [6.07, 6.45) is -0.616. The molecule has 1 aromatic carbocycles. The molecule has 1 aliphatic heterocycles. The van der Waals surface area contributed by atoms with E-state index in [1.807, 2.05) is 0 Å². The average Bonchev–Trinajstić information content (AvgIpc) is 2.65. The minimum atomic E-state index is -1.04. The molecule has 2 N–H and O–H groups in total. The van der Waals surface area contributed by atoms with Gasteiger partial charge in [-0.25, -0.2) is 4.79 Å². The SMILES string of the molecule is COC(=O)Nc1ccc2c(c1Cl)B(O)OC2. The largest absolute Gasteiger partial charge is 0.493 e. The van der Waals surface area contributed by atoms with Gasteiger partial charge < -0.3 is 14.4 Å². The molecule has 0 aromatic heterocycles. The highest BCUT2D eigenvalue weighted by Gasteiger charge is 2.31. The van der Waals surface area contributed by atoms with E-state index in [1.165, 1.54) is 7.11 Å². The predicted molar refractivity (Wildman–Crippen MR) is 59.9 cm³/mol. The zero-order valence-electron chi connectivity index (χ0n) is 8.49. The van der Waals surface area contributed by atoms with Gasteiger partial charge in [-0.2, -0.15) is 0 Å². The van der Waals surface area contributed by atoms with Crippen molar-refractivity contribution in [2.45, 2.75) is 6.61 Å². The first kappa shape index (κ1) is 11.3. The first-order valence-corrected chi connectivity index (χ1v) is 4.97. The smallest absolute Gasteiger partial charge is 0.453 e. The van der Waals surface area contributed by atoms with E-state index in [1.54, 1.807) is 12.1 Å². The zero-order chi connectivity index (χ0) is 11.7. The number of amides is 1. The molecule has 5 nitrogen and oxygen atoms in total. The van der Waals surface area contributed by atoms with Gasteiger partial charge in [-0.05, 0) is 11.6 Å². The number of methoxy groups -OCH3 is 1. The Hall–Kier alpha value is -1.24. The highest BCUT2D eigenvalue weighted by molar-refractivity contribution is 6.66. The van der Waals surface area contributed by atoms with Crippen molar-refractivity contribution in [2.24, 2.45) is 0 Å². The van der Waals surface area contributed by atoms with E-state index in [0.29, 0.717) is 17.8 Å². The molecule has 7 heteroatoms. The van der Waals surface area contributed by atoms with Crippen LogP contribution in [0.15, 0.2) is 12.1 Å². The summed E-state index contributed by atoms with van der Waals surface area (Å²) < 4.78 is 9.47. The fourth-order valence-corrected chi connectivity index (χ4v) is 1.86. The van der Waals surface area contributed by atoms with Crippen LogP contribution in [-0.4, -0.2) is 25.3 Å². The highest BCUT2D eigenvalue weighted by atomic mass is 35.5. The molecule has 0 spiro atoms. The fourth-order valence-electron chi connectivity index (χ4n) is 1.54.